The average molecular weight is 254 g/mol. The molecular weight excluding hydrogens is 228 g/mol. The maximum atomic E-state index is 12.2. The van der Waals surface area contributed by atoms with E-state index in [0.717, 1.165) is 32.2 Å². The second-order valence-corrected chi connectivity index (χ2v) is 5.47. The number of likely N-dealkylation sites (tertiary alicyclic amines) is 1. The van der Waals surface area contributed by atoms with Gasteiger partial charge in [0.05, 0.1) is 12.1 Å². The molecule has 0 saturated carbocycles. The summed E-state index contributed by atoms with van der Waals surface area (Å²) in [7, 11) is 1.98. The standard InChI is InChI=1S/C14H26N2O2/c1-5-10(2)13(11(3)17)15-14(18)12-8-6-7-9-16(12)4/h10,12-13H,5-9H2,1-4H3,(H,15,18). The number of carbonyl (C=O) groups is 2. The van der Waals surface area contributed by atoms with Crippen molar-refractivity contribution in [3.05, 3.63) is 0 Å². The van der Waals surface area contributed by atoms with E-state index < -0.39 is 0 Å². The number of Topliss-reactive ketones (excluding diaryl/α,β-unsaturated/α-hetero) is 1. The summed E-state index contributed by atoms with van der Waals surface area (Å²) in [5, 5.41) is 2.94. The molecule has 1 aliphatic rings. The molecular formula is C14H26N2O2. The molecule has 1 rings (SSSR count). The van der Waals surface area contributed by atoms with Crippen LogP contribution >= 0.6 is 0 Å². The molecule has 0 radical (unpaired) electrons. The fourth-order valence-corrected chi connectivity index (χ4v) is 2.54. The summed E-state index contributed by atoms with van der Waals surface area (Å²) in [4.78, 5) is 25.9. The summed E-state index contributed by atoms with van der Waals surface area (Å²) in [6, 6.07) is -0.400. The van der Waals surface area contributed by atoms with Gasteiger partial charge < -0.3 is 5.32 Å². The smallest absolute Gasteiger partial charge is 0.237 e. The van der Waals surface area contributed by atoms with Crippen LogP contribution in [0.1, 0.15) is 46.5 Å². The van der Waals surface area contributed by atoms with Gasteiger partial charge >= 0.3 is 0 Å². The number of piperidine rings is 1. The lowest BCUT2D eigenvalue weighted by atomic mass is 9.95. The molecule has 0 bridgehead atoms. The summed E-state index contributed by atoms with van der Waals surface area (Å²) in [6.45, 7) is 6.57. The molecule has 1 aliphatic heterocycles. The Balaban J connectivity index is 2.63. The highest BCUT2D eigenvalue weighted by Crippen LogP contribution is 2.16. The first-order chi connectivity index (χ1) is 8.47. The lowest BCUT2D eigenvalue weighted by molar-refractivity contribution is -0.132. The minimum absolute atomic E-state index is 0.0118. The van der Waals surface area contributed by atoms with E-state index in [9.17, 15) is 9.59 Å². The Kier molecular flexibility index (Phi) is 5.79. The minimum Gasteiger partial charge on any atom is -0.345 e. The summed E-state index contributed by atoms with van der Waals surface area (Å²) in [5.74, 6) is 0.259. The van der Waals surface area contributed by atoms with Crippen molar-refractivity contribution in [3.8, 4) is 0 Å². The van der Waals surface area contributed by atoms with E-state index >= 15 is 0 Å². The van der Waals surface area contributed by atoms with Gasteiger partial charge in [0.25, 0.3) is 0 Å². The molecule has 104 valence electrons. The molecule has 0 spiro atoms. The van der Waals surface area contributed by atoms with Gasteiger partial charge in [0, 0.05) is 0 Å². The van der Waals surface area contributed by atoms with Crippen LogP contribution in [0.25, 0.3) is 0 Å². The lowest BCUT2D eigenvalue weighted by Gasteiger charge is -2.33. The molecule has 1 amide bonds. The van der Waals surface area contributed by atoms with Gasteiger partial charge in [-0.1, -0.05) is 26.7 Å². The van der Waals surface area contributed by atoms with Crippen molar-refractivity contribution >= 4 is 11.7 Å². The minimum atomic E-state index is -0.335. The van der Waals surface area contributed by atoms with Crippen molar-refractivity contribution in [2.45, 2.75) is 58.5 Å². The molecule has 1 fully saturated rings. The molecule has 0 aromatic heterocycles. The van der Waals surface area contributed by atoms with Crippen LogP contribution in [0.4, 0.5) is 0 Å². The first-order valence-corrected chi connectivity index (χ1v) is 6.98. The number of nitrogens with one attached hydrogen (secondary N) is 1. The van der Waals surface area contributed by atoms with Crippen LogP contribution in [0.2, 0.25) is 0 Å². The number of likely N-dealkylation sites (N-methyl/N-ethyl adjacent to an activating group) is 1. The summed E-state index contributed by atoms with van der Waals surface area (Å²) >= 11 is 0. The van der Waals surface area contributed by atoms with Crippen LogP contribution in [-0.4, -0.2) is 42.3 Å². The maximum Gasteiger partial charge on any atom is 0.237 e. The van der Waals surface area contributed by atoms with Crippen LogP contribution in [0, 0.1) is 5.92 Å². The Morgan fingerprint density at radius 2 is 2.06 bits per heavy atom. The predicted octanol–water partition coefficient (Wildman–Crippen LogP) is 1.59. The van der Waals surface area contributed by atoms with E-state index in [-0.39, 0.29) is 29.7 Å². The van der Waals surface area contributed by atoms with Crippen LogP contribution in [-0.2, 0) is 9.59 Å². The molecule has 4 nitrogen and oxygen atoms in total. The average Bonchev–Trinajstić information content (AvgIpc) is 2.35. The highest BCUT2D eigenvalue weighted by molar-refractivity contribution is 5.89. The third-order valence-corrected chi connectivity index (χ3v) is 4.02. The summed E-state index contributed by atoms with van der Waals surface area (Å²) in [6.07, 6.45) is 4.04. The number of hydrogen-bond donors (Lipinski definition) is 1. The molecule has 1 heterocycles. The van der Waals surface area contributed by atoms with E-state index in [0.29, 0.717) is 0 Å². The number of carbonyl (C=O) groups excluding carboxylic acids is 2. The fourth-order valence-electron chi connectivity index (χ4n) is 2.54. The monoisotopic (exact) mass is 254 g/mol. The SMILES string of the molecule is CCC(C)C(NC(=O)C1CCCCN1C)C(C)=O. The lowest BCUT2D eigenvalue weighted by Crippen LogP contribution is -2.53. The van der Waals surface area contributed by atoms with Gasteiger partial charge in [-0.25, -0.2) is 0 Å². The molecule has 18 heavy (non-hydrogen) atoms. The first kappa shape index (κ1) is 15.2. The van der Waals surface area contributed by atoms with Crippen LogP contribution < -0.4 is 5.32 Å². The molecule has 0 aliphatic carbocycles. The molecule has 1 saturated heterocycles. The normalized spacial score (nSPS) is 24.3. The molecule has 3 atom stereocenters. The van der Waals surface area contributed by atoms with E-state index in [1.54, 1.807) is 6.92 Å². The van der Waals surface area contributed by atoms with E-state index in [4.69, 9.17) is 0 Å². The quantitative estimate of drug-likeness (QED) is 0.810. The van der Waals surface area contributed by atoms with E-state index in [1.807, 2.05) is 20.9 Å². The number of ketones is 1. The highest BCUT2D eigenvalue weighted by atomic mass is 16.2. The van der Waals surface area contributed by atoms with Gasteiger partial charge in [-0.15, -0.1) is 0 Å². The van der Waals surface area contributed by atoms with E-state index in [1.165, 1.54) is 0 Å². The maximum absolute atomic E-state index is 12.2. The predicted molar refractivity (Wildman–Crippen MR) is 72.3 cm³/mol. The van der Waals surface area contributed by atoms with Crippen LogP contribution in [0.5, 0.6) is 0 Å². The second kappa shape index (κ2) is 6.88. The molecule has 3 unspecified atom stereocenters. The fraction of sp³-hybridized carbons (Fsp3) is 0.857. The first-order valence-electron chi connectivity index (χ1n) is 6.98. The van der Waals surface area contributed by atoms with Crippen molar-refractivity contribution in [2.75, 3.05) is 13.6 Å². The Morgan fingerprint density at radius 1 is 1.39 bits per heavy atom. The van der Waals surface area contributed by atoms with Crippen LogP contribution in [0.3, 0.4) is 0 Å². The third kappa shape index (κ3) is 3.80. The largest absolute Gasteiger partial charge is 0.345 e. The molecule has 0 aromatic carbocycles. The molecule has 1 N–H and O–H groups in total. The zero-order valence-corrected chi connectivity index (χ0v) is 12.0. The van der Waals surface area contributed by atoms with Crippen molar-refractivity contribution in [1.82, 2.24) is 10.2 Å². The Bertz CT molecular complexity index is 304. The van der Waals surface area contributed by atoms with Gasteiger partial charge in [-0.3, -0.25) is 14.5 Å². The summed E-state index contributed by atoms with van der Waals surface area (Å²) < 4.78 is 0. The summed E-state index contributed by atoms with van der Waals surface area (Å²) in [5.41, 5.74) is 0. The van der Waals surface area contributed by atoms with Crippen LogP contribution in [0.15, 0.2) is 0 Å². The number of hydrogen-bond acceptors (Lipinski definition) is 3. The van der Waals surface area contributed by atoms with Crippen molar-refractivity contribution in [3.63, 3.8) is 0 Å². The van der Waals surface area contributed by atoms with Gasteiger partial charge in [-0.05, 0) is 39.3 Å². The number of nitrogens with zero attached hydrogens (tertiary/aromatic N) is 1. The van der Waals surface area contributed by atoms with Gasteiger partial charge in [0.2, 0.25) is 5.91 Å². The third-order valence-electron chi connectivity index (χ3n) is 4.02. The topological polar surface area (TPSA) is 49.4 Å². The number of rotatable bonds is 5. The van der Waals surface area contributed by atoms with Crippen molar-refractivity contribution < 1.29 is 9.59 Å². The second-order valence-electron chi connectivity index (χ2n) is 5.47. The van der Waals surface area contributed by atoms with Crippen molar-refractivity contribution in [2.24, 2.45) is 5.92 Å². The zero-order chi connectivity index (χ0) is 13.7. The Labute approximate surface area is 110 Å². The van der Waals surface area contributed by atoms with E-state index in [2.05, 4.69) is 10.2 Å². The number of amides is 1. The zero-order valence-electron chi connectivity index (χ0n) is 12.0. The molecule has 0 aromatic rings. The Morgan fingerprint density at radius 3 is 2.56 bits per heavy atom. The van der Waals surface area contributed by atoms with Gasteiger partial charge in [0.1, 0.15) is 0 Å². The molecule has 4 heteroatoms. The Hall–Kier alpha value is -0.900. The van der Waals surface area contributed by atoms with Gasteiger partial charge in [0.15, 0.2) is 5.78 Å². The van der Waals surface area contributed by atoms with Gasteiger partial charge in [-0.2, -0.15) is 0 Å². The highest BCUT2D eigenvalue weighted by Gasteiger charge is 2.30. The van der Waals surface area contributed by atoms with Crippen molar-refractivity contribution in [1.29, 1.82) is 0 Å².